The Balaban J connectivity index is 1.76. The monoisotopic (exact) mass is 331 g/mol. The molecular formula is C18H18FNO4. The van der Waals surface area contributed by atoms with Crippen LogP contribution in [0.4, 0.5) is 4.39 Å². The van der Waals surface area contributed by atoms with E-state index in [1.807, 2.05) is 24.3 Å². The number of ether oxygens (including phenoxy) is 2. The SMILES string of the molecule is COc1ccccc1CCNC(=O)COC(=O)c1ccccc1F. The Morgan fingerprint density at radius 2 is 1.79 bits per heavy atom. The lowest BCUT2D eigenvalue weighted by atomic mass is 10.1. The predicted molar refractivity (Wildman–Crippen MR) is 86.4 cm³/mol. The van der Waals surface area contributed by atoms with Gasteiger partial charge in [0.25, 0.3) is 5.91 Å². The number of amides is 1. The maximum absolute atomic E-state index is 13.4. The van der Waals surface area contributed by atoms with Crippen LogP contribution in [0.1, 0.15) is 15.9 Å². The lowest BCUT2D eigenvalue weighted by molar-refractivity contribution is -0.124. The number of carbonyl (C=O) groups is 2. The third-order valence-electron chi connectivity index (χ3n) is 3.34. The molecule has 0 unspecified atom stereocenters. The Kier molecular flexibility index (Phi) is 6.31. The maximum Gasteiger partial charge on any atom is 0.341 e. The molecule has 0 heterocycles. The molecule has 0 saturated carbocycles. The highest BCUT2D eigenvalue weighted by molar-refractivity contribution is 5.91. The zero-order valence-electron chi connectivity index (χ0n) is 13.3. The summed E-state index contributed by atoms with van der Waals surface area (Å²) in [7, 11) is 1.58. The van der Waals surface area contributed by atoms with Crippen LogP contribution in [0.3, 0.4) is 0 Å². The molecule has 2 aromatic rings. The minimum atomic E-state index is -0.868. The summed E-state index contributed by atoms with van der Waals surface area (Å²) < 4.78 is 23.4. The van der Waals surface area contributed by atoms with Crippen molar-refractivity contribution in [3.63, 3.8) is 0 Å². The Labute approximate surface area is 139 Å². The number of esters is 1. The fraction of sp³-hybridized carbons (Fsp3) is 0.222. The van der Waals surface area contributed by atoms with Crippen LogP contribution < -0.4 is 10.1 Å². The molecule has 2 aromatic carbocycles. The fourth-order valence-electron chi connectivity index (χ4n) is 2.13. The van der Waals surface area contributed by atoms with Crippen LogP contribution in [0.2, 0.25) is 0 Å². The molecule has 0 fully saturated rings. The van der Waals surface area contributed by atoms with Gasteiger partial charge in [0.05, 0.1) is 12.7 Å². The lowest BCUT2D eigenvalue weighted by Crippen LogP contribution is -2.30. The molecule has 0 radical (unpaired) electrons. The second-order valence-electron chi connectivity index (χ2n) is 4.97. The molecule has 126 valence electrons. The van der Waals surface area contributed by atoms with Gasteiger partial charge in [-0.1, -0.05) is 30.3 Å². The van der Waals surface area contributed by atoms with Crippen molar-refractivity contribution in [2.75, 3.05) is 20.3 Å². The minimum Gasteiger partial charge on any atom is -0.496 e. The normalized spacial score (nSPS) is 10.1. The summed E-state index contributed by atoms with van der Waals surface area (Å²) in [5.74, 6) is -1.25. The molecule has 0 aliphatic heterocycles. The van der Waals surface area contributed by atoms with Crippen molar-refractivity contribution >= 4 is 11.9 Å². The predicted octanol–water partition coefficient (Wildman–Crippen LogP) is 2.35. The Morgan fingerprint density at radius 3 is 2.54 bits per heavy atom. The van der Waals surface area contributed by atoms with Crippen molar-refractivity contribution in [1.29, 1.82) is 0 Å². The van der Waals surface area contributed by atoms with Crippen LogP contribution in [0, 0.1) is 5.82 Å². The molecule has 0 saturated heterocycles. The molecule has 2 rings (SSSR count). The van der Waals surface area contributed by atoms with Crippen LogP contribution in [0.5, 0.6) is 5.75 Å². The minimum absolute atomic E-state index is 0.195. The summed E-state index contributed by atoms with van der Waals surface area (Å²) in [6, 6.07) is 12.9. The quantitative estimate of drug-likeness (QED) is 0.791. The van der Waals surface area contributed by atoms with E-state index in [4.69, 9.17) is 9.47 Å². The standard InChI is InChI=1S/C18H18FNO4/c1-23-16-9-5-2-6-13(16)10-11-20-17(21)12-24-18(22)14-7-3-4-8-15(14)19/h2-9H,10-12H2,1H3,(H,20,21). The number of carbonyl (C=O) groups excluding carboxylic acids is 2. The summed E-state index contributed by atoms with van der Waals surface area (Å²) in [4.78, 5) is 23.4. The van der Waals surface area contributed by atoms with Gasteiger partial charge >= 0.3 is 5.97 Å². The zero-order chi connectivity index (χ0) is 17.4. The van der Waals surface area contributed by atoms with Crippen LogP contribution in [0.25, 0.3) is 0 Å². The summed E-state index contributed by atoms with van der Waals surface area (Å²) in [6.45, 7) is -0.0878. The van der Waals surface area contributed by atoms with Crippen molar-refractivity contribution in [1.82, 2.24) is 5.32 Å². The number of hydrogen-bond acceptors (Lipinski definition) is 4. The van der Waals surface area contributed by atoms with Gasteiger partial charge < -0.3 is 14.8 Å². The van der Waals surface area contributed by atoms with Gasteiger partial charge in [-0.2, -0.15) is 0 Å². The van der Waals surface area contributed by atoms with E-state index >= 15 is 0 Å². The number of hydrogen-bond donors (Lipinski definition) is 1. The van der Waals surface area contributed by atoms with E-state index in [1.165, 1.54) is 18.2 Å². The van der Waals surface area contributed by atoms with E-state index in [-0.39, 0.29) is 5.56 Å². The van der Waals surface area contributed by atoms with E-state index in [9.17, 15) is 14.0 Å². The van der Waals surface area contributed by atoms with E-state index < -0.39 is 24.3 Å². The van der Waals surface area contributed by atoms with Crippen molar-refractivity contribution in [2.45, 2.75) is 6.42 Å². The molecule has 6 heteroatoms. The molecular weight excluding hydrogens is 313 g/mol. The van der Waals surface area contributed by atoms with Gasteiger partial charge in [0, 0.05) is 6.54 Å². The van der Waals surface area contributed by atoms with Gasteiger partial charge in [0.2, 0.25) is 0 Å². The second kappa shape index (κ2) is 8.67. The van der Waals surface area contributed by atoms with Gasteiger partial charge in [0.1, 0.15) is 11.6 Å². The highest BCUT2D eigenvalue weighted by atomic mass is 19.1. The number of benzene rings is 2. The van der Waals surface area contributed by atoms with Crippen LogP contribution >= 0.6 is 0 Å². The number of nitrogens with one attached hydrogen (secondary N) is 1. The summed E-state index contributed by atoms with van der Waals surface area (Å²) in [5.41, 5.74) is 0.767. The van der Waals surface area contributed by atoms with Crippen molar-refractivity contribution in [3.8, 4) is 5.75 Å². The number of halogens is 1. The first-order valence-corrected chi connectivity index (χ1v) is 7.42. The van der Waals surface area contributed by atoms with E-state index in [2.05, 4.69) is 5.32 Å². The fourth-order valence-corrected chi connectivity index (χ4v) is 2.13. The number of methoxy groups -OCH3 is 1. The first kappa shape index (κ1) is 17.5. The van der Waals surface area contributed by atoms with Crippen LogP contribution in [-0.4, -0.2) is 32.1 Å². The highest BCUT2D eigenvalue weighted by Crippen LogP contribution is 2.17. The van der Waals surface area contributed by atoms with Crippen molar-refractivity contribution in [2.24, 2.45) is 0 Å². The summed E-state index contributed by atoms with van der Waals surface area (Å²) in [5, 5.41) is 2.64. The van der Waals surface area contributed by atoms with Gasteiger partial charge in [-0.05, 0) is 30.2 Å². The molecule has 24 heavy (non-hydrogen) atoms. The molecule has 1 N–H and O–H groups in total. The van der Waals surface area contributed by atoms with E-state index in [1.54, 1.807) is 7.11 Å². The smallest absolute Gasteiger partial charge is 0.341 e. The van der Waals surface area contributed by atoms with Crippen molar-refractivity contribution < 1.29 is 23.5 Å². The molecule has 0 aromatic heterocycles. The van der Waals surface area contributed by atoms with Gasteiger partial charge in [-0.3, -0.25) is 4.79 Å². The van der Waals surface area contributed by atoms with Crippen LogP contribution in [0.15, 0.2) is 48.5 Å². The first-order chi connectivity index (χ1) is 11.6. The molecule has 0 aliphatic carbocycles. The largest absolute Gasteiger partial charge is 0.496 e. The first-order valence-electron chi connectivity index (χ1n) is 7.42. The number of rotatable bonds is 7. The Morgan fingerprint density at radius 1 is 1.08 bits per heavy atom. The van der Waals surface area contributed by atoms with Crippen molar-refractivity contribution in [3.05, 3.63) is 65.5 Å². The topological polar surface area (TPSA) is 64.6 Å². The maximum atomic E-state index is 13.4. The van der Waals surface area contributed by atoms with E-state index in [0.29, 0.717) is 13.0 Å². The van der Waals surface area contributed by atoms with E-state index in [0.717, 1.165) is 17.4 Å². The molecule has 5 nitrogen and oxygen atoms in total. The average Bonchev–Trinajstić information content (AvgIpc) is 2.60. The lowest BCUT2D eigenvalue weighted by Gasteiger charge is -2.09. The van der Waals surface area contributed by atoms with Crippen LogP contribution in [-0.2, 0) is 16.0 Å². The van der Waals surface area contributed by atoms with Gasteiger partial charge in [-0.25, -0.2) is 9.18 Å². The molecule has 1 amide bonds. The summed E-state index contributed by atoms with van der Waals surface area (Å²) in [6.07, 6.45) is 0.580. The molecule has 0 spiro atoms. The third kappa shape index (κ3) is 4.81. The highest BCUT2D eigenvalue weighted by Gasteiger charge is 2.14. The number of para-hydroxylation sites is 1. The Hall–Kier alpha value is -2.89. The summed E-state index contributed by atoms with van der Waals surface area (Å²) >= 11 is 0. The van der Waals surface area contributed by atoms with Gasteiger partial charge in [0.15, 0.2) is 6.61 Å². The zero-order valence-corrected chi connectivity index (χ0v) is 13.3. The third-order valence-corrected chi connectivity index (χ3v) is 3.34. The molecule has 0 bridgehead atoms. The Bertz CT molecular complexity index is 718. The average molecular weight is 331 g/mol. The van der Waals surface area contributed by atoms with Gasteiger partial charge in [-0.15, -0.1) is 0 Å². The second-order valence-corrected chi connectivity index (χ2v) is 4.97. The molecule has 0 aliphatic rings. The molecule has 0 atom stereocenters.